The molecule has 0 saturated carbocycles. The van der Waals surface area contributed by atoms with Crippen LogP contribution in [0.3, 0.4) is 0 Å². The lowest BCUT2D eigenvalue weighted by Gasteiger charge is -2.23. The summed E-state index contributed by atoms with van der Waals surface area (Å²) < 4.78 is 21.5. The molecule has 0 atom stereocenters. The van der Waals surface area contributed by atoms with E-state index >= 15 is 0 Å². The van der Waals surface area contributed by atoms with Crippen LogP contribution in [0.4, 0.5) is 0 Å². The van der Waals surface area contributed by atoms with Gasteiger partial charge >= 0.3 is 0 Å². The molecular weight excluding hydrogens is 485 g/mol. The smallest absolute Gasteiger partial charge is 0.193 e. The SMILES string of the molecule is CN=C(NCc1c(OC)cc(OC)cc1OC)N(C)Cc1ccc(OC)cc1.I. The summed E-state index contributed by atoms with van der Waals surface area (Å²) in [5.41, 5.74) is 2.05. The van der Waals surface area contributed by atoms with Crippen molar-refractivity contribution < 1.29 is 18.9 Å². The van der Waals surface area contributed by atoms with E-state index in [1.807, 2.05) is 48.3 Å². The lowest BCUT2D eigenvalue weighted by Crippen LogP contribution is -2.38. The molecule has 1 N–H and O–H groups in total. The molecule has 0 radical (unpaired) electrons. The van der Waals surface area contributed by atoms with Crippen LogP contribution < -0.4 is 24.3 Å². The van der Waals surface area contributed by atoms with Gasteiger partial charge in [-0.2, -0.15) is 0 Å². The van der Waals surface area contributed by atoms with Gasteiger partial charge in [-0.1, -0.05) is 12.1 Å². The van der Waals surface area contributed by atoms with Gasteiger partial charge in [0.25, 0.3) is 0 Å². The molecule has 0 amide bonds. The number of halogens is 1. The lowest BCUT2D eigenvalue weighted by atomic mass is 10.1. The molecule has 0 aromatic heterocycles. The predicted octanol–water partition coefficient (Wildman–Crippen LogP) is 3.55. The third kappa shape index (κ3) is 6.59. The summed E-state index contributed by atoms with van der Waals surface area (Å²) in [4.78, 5) is 6.42. The van der Waals surface area contributed by atoms with Gasteiger partial charge in [-0.05, 0) is 17.7 Å². The van der Waals surface area contributed by atoms with Gasteiger partial charge < -0.3 is 29.2 Å². The van der Waals surface area contributed by atoms with Crippen LogP contribution in [-0.2, 0) is 13.1 Å². The van der Waals surface area contributed by atoms with Gasteiger partial charge in [-0.3, -0.25) is 4.99 Å². The van der Waals surface area contributed by atoms with Gasteiger partial charge in [0.1, 0.15) is 23.0 Å². The quantitative estimate of drug-likeness (QED) is 0.330. The molecule has 2 rings (SSSR count). The summed E-state index contributed by atoms with van der Waals surface area (Å²) in [5.74, 6) is 3.66. The van der Waals surface area contributed by atoms with Crippen LogP contribution in [0, 0.1) is 0 Å². The van der Waals surface area contributed by atoms with E-state index in [0.717, 1.165) is 22.8 Å². The number of ether oxygens (including phenoxy) is 4. The maximum Gasteiger partial charge on any atom is 0.193 e. The van der Waals surface area contributed by atoms with E-state index < -0.39 is 0 Å². The largest absolute Gasteiger partial charge is 0.497 e. The number of hydrogen-bond donors (Lipinski definition) is 1. The summed E-state index contributed by atoms with van der Waals surface area (Å²) in [6.45, 7) is 1.20. The Morgan fingerprint density at radius 2 is 1.45 bits per heavy atom. The van der Waals surface area contributed by atoms with E-state index in [-0.39, 0.29) is 24.0 Å². The molecule has 2 aromatic rings. The molecule has 29 heavy (non-hydrogen) atoms. The highest BCUT2D eigenvalue weighted by Gasteiger charge is 2.15. The van der Waals surface area contributed by atoms with Crippen LogP contribution in [-0.4, -0.2) is 53.4 Å². The first-order valence-corrected chi connectivity index (χ1v) is 8.89. The second-order valence-electron chi connectivity index (χ2n) is 6.12. The summed E-state index contributed by atoms with van der Waals surface area (Å²) >= 11 is 0. The Labute approximate surface area is 190 Å². The highest BCUT2D eigenvalue weighted by atomic mass is 127. The van der Waals surface area contributed by atoms with Crippen LogP contribution in [0.2, 0.25) is 0 Å². The molecule has 0 fully saturated rings. The van der Waals surface area contributed by atoms with Gasteiger partial charge in [0, 0.05) is 32.8 Å². The van der Waals surface area contributed by atoms with Gasteiger partial charge in [-0.15, -0.1) is 24.0 Å². The summed E-state index contributed by atoms with van der Waals surface area (Å²) in [5, 5.41) is 3.37. The number of aliphatic imine (C=N–C) groups is 1. The van der Waals surface area contributed by atoms with Crippen LogP contribution in [0.25, 0.3) is 0 Å². The minimum atomic E-state index is 0. The number of hydrogen-bond acceptors (Lipinski definition) is 5. The van der Waals surface area contributed by atoms with Crippen molar-refractivity contribution in [2.75, 3.05) is 42.5 Å². The minimum Gasteiger partial charge on any atom is -0.497 e. The first-order chi connectivity index (χ1) is 13.6. The Bertz CT molecular complexity index is 772. The fraction of sp³-hybridized carbons (Fsp3) is 0.381. The third-order valence-electron chi connectivity index (χ3n) is 4.39. The van der Waals surface area contributed by atoms with Crippen LogP contribution >= 0.6 is 24.0 Å². The van der Waals surface area contributed by atoms with E-state index in [9.17, 15) is 0 Å². The average Bonchev–Trinajstić information content (AvgIpc) is 2.74. The van der Waals surface area contributed by atoms with E-state index in [0.29, 0.717) is 30.3 Å². The first-order valence-electron chi connectivity index (χ1n) is 8.89. The zero-order chi connectivity index (χ0) is 20.5. The van der Waals surface area contributed by atoms with Gasteiger partial charge in [0.05, 0.1) is 40.5 Å². The second kappa shape index (κ2) is 12.3. The first kappa shape index (κ1) is 24.7. The summed E-state index contributed by atoms with van der Waals surface area (Å²) in [7, 11) is 10.3. The molecule has 0 aliphatic rings. The lowest BCUT2D eigenvalue weighted by molar-refractivity contribution is 0.367. The number of nitrogens with one attached hydrogen (secondary N) is 1. The molecule has 7 nitrogen and oxygen atoms in total. The molecule has 8 heteroatoms. The van der Waals surface area contributed by atoms with Crippen molar-refractivity contribution >= 4 is 29.9 Å². The molecule has 0 spiro atoms. The molecule has 0 bridgehead atoms. The van der Waals surface area contributed by atoms with Gasteiger partial charge in [0.2, 0.25) is 0 Å². The maximum atomic E-state index is 5.51. The Morgan fingerprint density at radius 3 is 1.90 bits per heavy atom. The van der Waals surface area contributed by atoms with E-state index in [4.69, 9.17) is 18.9 Å². The number of methoxy groups -OCH3 is 4. The third-order valence-corrected chi connectivity index (χ3v) is 4.39. The van der Waals surface area contributed by atoms with E-state index in [1.54, 1.807) is 35.5 Å². The van der Waals surface area contributed by atoms with Crippen LogP contribution in [0.15, 0.2) is 41.4 Å². The second-order valence-corrected chi connectivity index (χ2v) is 6.12. The fourth-order valence-corrected chi connectivity index (χ4v) is 2.88. The molecule has 0 aliphatic carbocycles. The zero-order valence-corrected chi connectivity index (χ0v) is 20.1. The summed E-state index contributed by atoms with van der Waals surface area (Å²) in [6.07, 6.45) is 0. The van der Waals surface area contributed by atoms with Crippen LogP contribution in [0.5, 0.6) is 23.0 Å². The van der Waals surface area contributed by atoms with Gasteiger partial charge in [0.15, 0.2) is 5.96 Å². The van der Waals surface area contributed by atoms with Gasteiger partial charge in [-0.25, -0.2) is 0 Å². The molecule has 0 aliphatic heterocycles. The molecule has 160 valence electrons. The number of rotatable bonds is 8. The average molecular weight is 515 g/mol. The maximum absolute atomic E-state index is 5.51. The normalized spacial score (nSPS) is 10.6. The Balaban J connectivity index is 0.00000420. The van der Waals surface area contributed by atoms with Crippen molar-refractivity contribution in [2.45, 2.75) is 13.1 Å². The zero-order valence-electron chi connectivity index (χ0n) is 17.8. The molecule has 0 unspecified atom stereocenters. The highest BCUT2D eigenvalue weighted by Crippen LogP contribution is 2.33. The predicted molar refractivity (Wildman–Crippen MR) is 126 cm³/mol. The van der Waals surface area contributed by atoms with Crippen molar-refractivity contribution in [2.24, 2.45) is 4.99 Å². The molecule has 0 saturated heterocycles. The molecular formula is C21H30IN3O4. The molecule has 2 aromatic carbocycles. The number of guanidine groups is 1. The molecule has 0 heterocycles. The van der Waals surface area contributed by atoms with E-state index in [2.05, 4.69) is 10.3 Å². The Hall–Kier alpha value is -2.36. The Kier molecular flexibility index (Phi) is 10.4. The fourth-order valence-electron chi connectivity index (χ4n) is 2.88. The standard InChI is InChI=1S/C21H29N3O4.HI/c1-22-21(24(2)14-15-7-9-16(25-3)10-8-15)23-13-18-19(27-5)11-17(26-4)12-20(18)28-6;/h7-12H,13-14H2,1-6H3,(H,22,23);1H. The Morgan fingerprint density at radius 1 is 0.897 bits per heavy atom. The summed E-state index contributed by atoms with van der Waals surface area (Å²) in [6, 6.07) is 11.7. The number of nitrogens with zero attached hydrogens (tertiary/aromatic N) is 2. The van der Waals surface area contributed by atoms with Crippen molar-refractivity contribution in [3.8, 4) is 23.0 Å². The monoisotopic (exact) mass is 515 g/mol. The van der Waals surface area contributed by atoms with Crippen molar-refractivity contribution in [1.82, 2.24) is 10.2 Å². The topological polar surface area (TPSA) is 64.6 Å². The van der Waals surface area contributed by atoms with E-state index in [1.165, 1.54) is 0 Å². The van der Waals surface area contributed by atoms with Crippen molar-refractivity contribution in [3.05, 3.63) is 47.5 Å². The minimum absolute atomic E-state index is 0. The van der Waals surface area contributed by atoms with Crippen LogP contribution in [0.1, 0.15) is 11.1 Å². The van der Waals surface area contributed by atoms with Crippen molar-refractivity contribution in [1.29, 1.82) is 0 Å². The number of benzene rings is 2. The van der Waals surface area contributed by atoms with Crippen molar-refractivity contribution in [3.63, 3.8) is 0 Å². The highest BCUT2D eigenvalue weighted by molar-refractivity contribution is 14.0.